The lowest BCUT2D eigenvalue weighted by molar-refractivity contribution is -0.124. The first kappa shape index (κ1) is 8.51. The lowest BCUT2D eigenvalue weighted by atomic mass is 10.1. The minimum absolute atomic E-state index is 0.112. The number of hydrogen-bond donors (Lipinski definition) is 1. The molecule has 1 amide bonds. The van der Waals surface area contributed by atoms with Crippen LogP contribution in [0.25, 0.3) is 0 Å². The highest BCUT2D eigenvalue weighted by molar-refractivity contribution is 5.98. The summed E-state index contributed by atoms with van der Waals surface area (Å²) in [6.07, 6.45) is 4.67. The third-order valence-electron chi connectivity index (χ3n) is 2.55. The lowest BCUT2D eigenvalue weighted by Gasteiger charge is -2.24. The van der Waals surface area contributed by atoms with Gasteiger partial charge >= 0.3 is 0 Å². The Balaban J connectivity index is 2.31. The zero-order valence-corrected chi connectivity index (χ0v) is 7.66. The van der Waals surface area contributed by atoms with Gasteiger partial charge in [0.25, 0.3) is 5.91 Å². The van der Waals surface area contributed by atoms with Crippen molar-refractivity contribution in [2.24, 2.45) is 0 Å². The zero-order valence-electron chi connectivity index (χ0n) is 7.66. The molecule has 0 aliphatic carbocycles. The molecule has 0 aromatic carbocycles. The van der Waals surface area contributed by atoms with Gasteiger partial charge in [0.2, 0.25) is 0 Å². The summed E-state index contributed by atoms with van der Waals surface area (Å²) in [5, 5.41) is 9.36. The summed E-state index contributed by atoms with van der Waals surface area (Å²) in [4.78, 5) is 13.4. The van der Waals surface area contributed by atoms with Crippen LogP contribution in [0.4, 0.5) is 0 Å². The SMILES string of the molecule is CCC1=CC2=CC(O)CCN2C1=O. The van der Waals surface area contributed by atoms with Gasteiger partial charge < -0.3 is 10.0 Å². The molecule has 3 nitrogen and oxygen atoms in total. The summed E-state index contributed by atoms with van der Waals surface area (Å²) >= 11 is 0. The van der Waals surface area contributed by atoms with Gasteiger partial charge in [0.15, 0.2) is 0 Å². The van der Waals surface area contributed by atoms with E-state index >= 15 is 0 Å². The molecule has 0 saturated heterocycles. The predicted molar refractivity (Wildman–Crippen MR) is 48.8 cm³/mol. The van der Waals surface area contributed by atoms with E-state index in [4.69, 9.17) is 0 Å². The van der Waals surface area contributed by atoms with E-state index in [9.17, 15) is 9.90 Å². The molecule has 3 heteroatoms. The summed E-state index contributed by atoms with van der Waals surface area (Å²) in [7, 11) is 0. The number of rotatable bonds is 1. The van der Waals surface area contributed by atoms with Crippen molar-refractivity contribution < 1.29 is 9.90 Å². The van der Waals surface area contributed by atoms with Gasteiger partial charge in [-0.2, -0.15) is 0 Å². The molecule has 0 aromatic heterocycles. The summed E-state index contributed by atoms with van der Waals surface area (Å²) < 4.78 is 0. The Morgan fingerprint density at radius 1 is 1.69 bits per heavy atom. The molecular formula is C10H13NO2. The number of aliphatic hydroxyl groups excluding tert-OH is 1. The molecule has 2 aliphatic rings. The smallest absolute Gasteiger partial charge is 0.254 e. The Kier molecular flexibility index (Phi) is 1.96. The van der Waals surface area contributed by atoms with Crippen LogP contribution in [0.5, 0.6) is 0 Å². The van der Waals surface area contributed by atoms with Crippen LogP contribution in [-0.4, -0.2) is 28.6 Å². The highest BCUT2D eigenvalue weighted by atomic mass is 16.3. The van der Waals surface area contributed by atoms with E-state index in [2.05, 4.69) is 0 Å². The second kappa shape index (κ2) is 3.00. The van der Waals surface area contributed by atoms with Crippen LogP contribution in [0, 0.1) is 0 Å². The number of amides is 1. The van der Waals surface area contributed by atoms with Crippen molar-refractivity contribution >= 4 is 5.91 Å². The van der Waals surface area contributed by atoms with Gasteiger partial charge in [0.1, 0.15) is 0 Å². The molecule has 0 radical (unpaired) electrons. The number of nitrogens with zero attached hydrogens (tertiary/aromatic N) is 1. The maximum Gasteiger partial charge on any atom is 0.254 e. The van der Waals surface area contributed by atoms with Crippen LogP contribution < -0.4 is 0 Å². The third kappa shape index (κ3) is 1.29. The van der Waals surface area contributed by atoms with E-state index in [1.54, 1.807) is 11.0 Å². The number of carbonyl (C=O) groups excluding carboxylic acids is 1. The van der Waals surface area contributed by atoms with Gasteiger partial charge in [-0.05, 0) is 25.0 Å². The van der Waals surface area contributed by atoms with E-state index in [1.165, 1.54) is 0 Å². The zero-order chi connectivity index (χ0) is 9.42. The molecule has 70 valence electrons. The molecule has 0 saturated carbocycles. The molecule has 0 fully saturated rings. The minimum Gasteiger partial charge on any atom is -0.389 e. The Morgan fingerprint density at radius 3 is 3.15 bits per heavy atom. The van der Waals surface area contributed by atoms with Crippen molar-refractivity contribution in [3.05, 3.63) is 23.4 Å². The average molecular weight is 179 g/mol. The summed E-state index contributed by atoms with van der Waals surface area (Å²) in [5.74, 6) is 0.112. The lowest BCUT2D eigenvalue weighted by Crippen LogP contribution is -2.32. The number of fused-ring (bicyclic) bond motifs is 1. The van der Waals surface area contributed by atoms with Gasteiger partial charge in [-0.15, -0.1) is 0 Å². The third-order valence-corrected chi connectivity index (χ3v) is 2.55. The standard InChI is InChI=1S/C10H13NO2/c1-2-7-5-8-6-9(12)3-4-11(8)10(7)13/h5-6,9,12H,2-4H2,1H3. The monoisotopic (exact) mass is 179 g/mol. The molecule has 2 aliphatic heterocycles. The first-order valence-electron chi connectivity index (χ1n) is 4.64. The second-order valence-electron chi connectivity index (χ2n) is 3.43. The van der Waals surface area contributed by atoms with Gasteiger partial charge in [-0.3, -0.25) is 4.79 Å². The van der Waals surface area contributed by atoms with Crippen LogP contribution in [0.2, 0.25) is 0 Å². The maximum absolute atomic E-state index is 11.6. The van der Waals surface area contributed by atoms with Crippen molar-refractivity contribution in [2.45, 2.75) is 25.9 Å². The fourth-order valence-corrected chi connectivity index (χ4v) is 1.77. The molecule has 1 atom stereocenters. The normalized spacial score (nSPS) is 27.1. The number of carbonyl (C=O) groups is 1. The predicted octanol–water partition coefficient (Wildman–Crippen LogP) is 0.813. The average Bonchev–Trinajstić information content (AvgIpc) is 2.42. The van der Waals surface area contributed by atoms with Crippen LogP contribution in [0.3, 0.4) is 0 Å². The van der Waals surface area contributed by atoms with Crippen molar-refractivity contribution in [3.8, 4) is 0 Å². The first-order chi connectivity index (χ1) is 6.22. The second-order valence-corrected chi connectivity index (χ2v) is 3.43. The summed E-state index contributed by atoms with van der Waals surface area (Å²) in [6, 6.07) is 0. The Labute approximate surface area is 77.3 Å². The topological polar surface area (TPSA) is 40.5 Å². The quantitative estimate of drug-likeness (QED) is 0.647. The molecular weight excluding hydrogens is 166 g/mol. The Bertz CT molecular complexity index is 304. The molecule has 0 bridgehead atoms. The van der Waals surface area contributed by atoms with Crippen LogP contribution in [0.15, 0.2) is 23.4 Å². The number of aliphatic hydroxyl groups is 1. The fraction of sp³-hybridized carbons (Fsp3) is 0.500. The van der Waals surface area contributed by atoms with E-state index < -0.39 is 0 Å². The number of allylic oxidation sites excluding steroid dienone is 1. The van der Waals surface area contributed by atoms with Crippen molar-refractivity contribution in [1.82, 2.24) is 4.90 Å². The van der Waals surface area contributed by atoms with E-state index in [1.807, 2.05) is 13.0 Å². The molecule has 0 aromatic rings. The molecule has 2 rings (SSSR count). The van der Waals surface area contributed by atoms with E-state index in [0.717, 1.165) is 17.7 Å². The van der Waals surface area contributed by atoms with Crippen LogP contribution in [-0.2, 0) is 4.79 Å². The Hall–Kier alpha value is -1.09. The number of hydrogen-bond acceptors (Lipinski definition) is 2. The van der Waals surface area contributed by atoms with Gasteiger partial charge in [0.05, 0.1) is 6.10 Å². The van der Waals surface area contributed by atoms with Crippen molar-refractivity contribution in [2.75, 3.05) is 6.54 Å². The van der Waals surface area contributed by atoms with Gasteiger partial charge in [-0.1, -0.05) is 6.92 Å². The van der Waals surface area contributed by atoms with Crippen LogP contribution >= 0.6 is 0 Å². The van der Waals surface area contributed by atoms with Crippen LogP contribution in [0.1, 0.15) is 19.8 Å². The molecule has 1 unspecified atom stereocenters. The molecule has 2 heterocycles. The maximum atomic E-state index is 11.6. The highest BCUT2D eigenvalue weighted by Gasteiger charge is 2.29. The first-order valence-corrected chi connectivity index (χ1v) is 4.64. The molecule has 13 heavy (non-hydrogen) atoms. The summed E-state index contributed by atoms with van der Waals surface area (Å²) in [5.41, 5.74) is 1.72. The van der Waals surface area contributed by atoms with Crippen molar-refractivity contribution in [1.29, 1.82) is 0 Å². The summed E-state index contributed by atoms with van der Waals surface area (Å²) in [6.45, 7) is 2.62. The highest BCUT2D eigenvalue weighted by Crippen LogP contribution is 2.27. The largest absolute Gasteiger partial charge is 0.389 e. The van der Waals surface area contributed by atoms with Crippen molar-refractivity contribution in [3.63, 3.8) is 0 Å². The van der Waals surface area contributed by atoms with Gasteiger partial charge in [-0.25, -0.2) is 0 Å². The molecule has 0 spiro atoms. The van der Waals surface area contributed by atoms with E-state index in [0.29, 0.717) is 13.0 Å². The van der Waals surface area contributed by atoms with Gasteiger partial charge in [0, 0.05) is 17.8 Å². The minimum atomic E-state index is -0.383. The Morgan fingerprint density at radius 2 is 2.46 bits per heavy atom. The van der Waals surface area contributed by atoms with E-state index in [-0.39, 0.29) is 12.0 Å². The molecule has 1 N–H and O–H groups in total. The fourth-order valence-electron chi connectivity index (χ4n) is 1.77.